The first kappa shape index (κ1) is 18.5. The quantitative estimate of drug-likeness (QED) is 0.553. The van der Waals surface area contributed by atoms with E-state index >= 15 is 0 Å². The van der Waals surface area contributed by atoms with Gasteiger partial charge in [-0.15, -0.1) is 0 Å². The van der Waals surface area contributed by atoms with Gasteiger partial charge in [-0.2, -0.15) is 0 Å². The van der Waals surface area contributed by atoms with Gasteiger partial charge in [0, 0.05) is 38.8 Å². The molecule has 2 fully saturated rings. The molecule has 0 amide bonds. The Morgan fingerprint density at radius 3 is 2.74 bits per heavy atom. The van der Waals surface area contributed by atoms with Crippen molar-refractivity contribution >= 4 is 5.96 Å². The molecular weight excluding hydrogens is 290 g/mol. The molecule has 2 aliphatic heterocycles. The summed E-state index contributed by atoms with van der Waals surface area (Å²) in [4.78, 5) is 9.69. The zero-order valence-electron chi connectivity index (χ0n) is 15.2. The lowest BCUT2D eigenvalue weighted by atomic mass is 9.99. The first-order valence-electron chi connectivity index (χ1n) is 9.21. The third kappa shape index (κ3) is 6.65. The molecule has 2 heterocycles. The van der Waals surface area contributed by atoms with Crippen LogP contribution < -0.4 is 10.6 Å². The highest BCUT2D eigenvalue weighted by molar-refractivity contribution is 5.79. The van der Waals surface area contributed by atoms with Gasteiger partial charge in [0.25, 0.3) is 0 Å². The van der Waals surface area contributed by atoms with Gasteiger partial charge in [-0.25, -0.2) is 0 Å². The lowest BCUT2D eigenvalue weighted by Gasteiger charge is -2.32. The monoisotopic (exact) mass is 325 g/mol. The molecule has 23 heavy (non-hydrogen) atoms. The number of guanidine groups is 1. The SMILES string of the molecule is CCNC(=NCC(C)N1CCOCC1)NCC1CCCN(C)C1. The molecule has 0 aromatic carbocycles. The number of aliphatic imine (C=N–C) groups is 1. The number of rotatable bonds is 6. The molecule has 2 aliphatic rings. The maximum absolute atomic E-state index is 5.42. The van der Waals surface area contributed by atoms with Crippen molar-refractivity contribution in [2.75, 3.05) is 66.1 Å². The van der Waals surface area contributed by atoms with Gasteiger partial charge in [-0.05, 0) is 46.2 Å². The minimum Gasteiger partial charge on any atom is -0.379 e. The van der Waals surface area contributed by atoms with E-state index in [1.54, 1.807) is 0 Å². The Morgan fingerprint density at radius 1 is 1.26 bits per heavy atom. The third-order valence-electron chi connectivity index (χ3n) is 4.81. The normalized spacial score (nSPS) is 26.0. The largest absolute Gasteiger partial charge is 0.379 e. The van der Waals surface area contributed by atoms with E-state index in [2.05, 4.69) is 41.3 Å². The van der Waals surface area contributed by atoms with E-state index in [0.29, 0.717) is 6.04 Å². The van der Waals surface area contributed by atoms with Crippen molar-refractivity contribution < 1.29 is 4.74 Å². The molecule has 134 valence electrons. The van der Waals surface area contributed by atoms with Crippen molar-refractivity contribution in [3.05, 3.63) is 0 Å². The van der Waals surface area contributed by atoms with Gasteiger partial charge in [0.1, 0.15) is 0 Å². The van der Waals surface area contributed by atoms with Crippen LogP contribution in [0.1, 0.15) is 26.7 Å². The lowest BCUT2D eigenvalue weighted by Crippen LogP contribution is -2.46. The third-order valence-corrected chi connectivity index (χ3v) is 4.81. The average Bonchev–Trinajstić information content (AvgIpc) is 2.58. The van der Waals surface area contributed by atoms with Crippen LogP contribution in [0.25, 0.3) is 0 Å². The maximum Gasteiger partial charge on any atom is 0.191 e. The van der Waals surface area contributed by atoms with Crippen molar-refractivity contribution in [3.8, 4) is 0 Å². The first-order chi connectivity index (χ1) is 11.2. The molecule has 0 aromatic rings. The van der Waals surface area contributed by atoms with Gasteiger partial charge in [0.05, 0.1) is 19.8 Å². The van der Waals surface area contributed by atoms with Gasteiger partial charge >= 0.3 is 0 Å². The van der Waals surface area contributed by atoms with E-state index in [4.69, 9.17) is 9.73 Å². The summed E-state index contributed by atoms with van der Waals surface area (Å²) < 4.78 is 5.42. The summed E-state index contributed by atoms with van der Waals surface area (Å²) in [6.45, 7) is 13.3. The molecule has 0 aromatic heterocycles. The molecular formula is C17H35N5O. The Hall–Kier alpha value is -0.850. The number of piperidine rings is 1. The number of nitrogens with zero attached hydrogens (tertiary/aromatic N) is 3. The molecule has 2 unspecified atom stereocenters. The topological polar surface area (TPSA) is 52.1 Å². The number of ether oxygens (including phenoxy) is 1. The molecule has 0 spiro atoms. The smallest absolute Gasteiger partial charge is 0.191 e. The van der Waals surface area contributed by atoms with Crippen LogP contribution in [-0.4, -0.2) is 87.9 Å². The minimum atomic E-state index is 0.468. The van der Waals surface area contributed by atoms with E-state index in [1.165, 1.54) is 25.9 Å². The number of likely N-dealkylation sites (tertiary alicyclic amines) is 1. The molecule has 6 nitrogen and oxygen atoms in total. The van der Waals surface area contributed by atoms with Crippen LogP contribution in [0.4, 0.5) is 0 Å². The van der Waals surface area contributed by atoms with Crippen molar-refractivity contribution in [1.82, 2.24) is 20.4 Å². The standard InChI is InChI=1S/C17H35N5O/c1-4-18-17(20-13-16-6-5-7-21(3)14-16)19-12-15(2)22-8-10-23-11-9-22/h15-16H,4-14H2,1-3H3,(H2,18,19,20). The predicted octanol–water partition coefficient (Wildman–Crippen LogP) is 0.604. The van der Waals surface area contributed by atoms with Crippen LogP contribution in [0, 0.1) is 5.92 Å². The minimum absolute atomic E-state index is 0.468. The molecule has 0 bridgehead atoms. The second kappa shape index (κ2) is 10.1. The Bertz CT molecular complexity index is 357. The summed E-state index contributed by atoms with van der Waals surface area (Å²) in [6, 6.07) is 0.468. The van der Waals surface area contributed by atoms with Crippen molar-refractivity contribution in [2.45, 2.75) is 32.7 Å². The Morgan fingerprint density at radius 2 is 2.04 bits per heavy atom. The zero-order valence-corrected chi connectivity index (χ0v) is 15.2. The lowest BCUT2D eigenvalue weighted by molar-refractivity contribution is 0.0220. The number of hydrogen-bond acceptors (Lipinski definition) is 4. The van der Waals surface area contributed by atoms with Crippen molar-refractivity contribution in [3.63, 3.8) is 0 Å². The molecule has 2 saturated heterocycles. The summed E-state index contributed by atoms with van der Waals surface area (Å²) in [7, 11) is 2.22. The molecule has 0 aliphatic carbocycles. The maximum atomic E-state index is 5.42. The van der Waals surface area contributed by atoms with E-state index in [1.807, 2.05) is 0 Å². The van der Waals surface area contributed by atoms with E-state index in [-0.39, 0.29) is 0 Å². The summed E-state index contributed by atoms with van der Waals surface area (Å²) in [5.74, 6) is 1.69. The fourth-order valence-electron chi connectivity index (χ4n) is 3.38. The van der Waals surface area contributed by atoms with Gasteiger partial charge in [-0.1, -0.05) is 0 Å². The van der Waals surface area contributed by atoms with Gasteiger partial charge in [-0.3, -0.25) is 9.89 Å². The van der Waals surface area contributed by atoms with E-state index < -0.39 is 0 Å². The van der Waals surface area contributed by atoms with E-state index in [9.17, 15) is 0 Å². The number of morpholine rings is 1. The van der Waals surface area contributed by atoms with Crippen LogP contribution in [0.3, 0.4) is 0 Å². The molecule has 0 saturated carbocycles. The van der Waals surface area contributed by atoms with Crippen LogP contribution in [0.15, 0.2) is 4.99 Å². The van der Waals surface area contributed by atoms with Crippen molar-refractivity contribution in [2.24, 2.45) is 10.9 Å². The number of hydrogen-bond donors (Lipinski definition) is 2. The van der Waals surface area contributed by atoms with Gasteiger partial charge in [0.2, 0.25) is 0 Å². The Labute approximate surface area is 141 Å². The Kier molecular flexibility index (Phi) is 8.12. The summed E-state index contributed by atoms with van der Waals surface area (Å²) in [5, 5.41) is 6.91. The fourth-order valence-corrected chi connectivity index (χ4v) is 3.38. The van der Waals surface area contributed by atoms with Gasteiger partial charge in [0.15, 0.2) is 5.96 Å². The summed E-state index contributed by atoms with van der Waals surface area (Å²) in [5.41, 5.74) is 0. The van der Waals surface area contributed by atoms with Crippen molar-refractivity contribution in [1.29, 1.82) is 0 Å². The highest BCUT2D eigenvalue weighted by atomic mass is 16.5. The summed E-state index contributed by atoms with van der Waals surface area (Å²) in [6.07, 6.45) is 2.63. The average molecular weight is 326 g/mol. The van der Waals surface area contributed by atoms with Crippen LogP contribution in [0.5, 0.6) is 0 Å². The van der Waals surface area contributed by atoms with Crippen LogP contribution in [0.2, 0.25) is 0 Å². The summed E-state index contributed by atoms with van der Waals surface area (Å²) >= 11 is 0. The molecule has 6 heteroatoms. The second-order valence-corrected chi connectivity index (χ2v) is 6.87. The molecule has 2 atom stereocenters. The zero-order chi connectivity index (χ0) is 16.5. The van der Waals surface area contributed by atoms with Gasteiger partial charge < -0.3 is 20.3 Å². The molecule has 0 radical (unpaired) electrons. The number of nitrogens with one attached hydrogen (secondary N) is 2. The molecule has 2 N–H and O–H groups in total. The van der Waals surface area contributed by atoms with Crippen LogP contribution in [-0.2, 0) is 4.74 Å². The van der Waals surface area contributed by atoms with E-state index in [0.717, 1.165) is 57.8 Å². The second-order valence-electron chi connectivity index (χ2n) is 6.87. The fraction of sp³-hybridized carbons (Fsp3) is 0.941. The molecule has 2 rings (SSSR count). The van der Waals surface area contributed by atoms with Crippen LogP contribution >= 0.6 is 0 Å². The first-order valence-corrected chi connectivity index (χ1v) is 9.21. The highest BCUT2D eigenvalue weighted by Crippen LogP contribution is 2.13. The predicted molar refractivity (Wildman–Crippen MR) is 96.1 cm³/mol. The Balaban J connectivity index is 1.76. The highest BCUT2D eigenvalue weighted by Gasteiger charge is 2.18.